The van der Waals surface area contributed by atoms with Crippen molar-refractivity contribution in [2.75, 3.05) is 6.61 Å². The van der Waals surface area contributed by atoms with Crippen LogP contribution in [0.25, 0.3) is 11.0 Å². The Bertz CT molecular complexity index is 888. The molecule has 3 aromatic rings. The Labute approximate surface area is 140 Å². The Kier molecular flexibility index (Phi) is 3.58. The lowest BCUT2D eigenvalue weighted by Gasteiger charge is -2.21. The quantitative estimate of drug-likeness (QED) is 0.744. The summed E-state index contributed by atoms with van der Waals surface area (Å²) in [4.78, 5) is 8.72. The summed E-state index contributed by atoms with van der Waals surface area (Å²) in [6.45, 7) is 2.21. The maximum Gasteiger partial charge on any atom is 0.231 e. The summed E-state index contributed by atoms with van der Waals surface area (Å²) in [6.07, 6.45) is 8.62. The molecule has 2 heterocycles. The molecule has 4 rings (SSSR count). The zero-order valence-corrected chi connectivity index (χ0v) is 13.5. The third kappa shape index (κ3) is 2.57. The van der Waals surface area contributed by atoms with Crippen LogP contribution in [0.5, 0.6) is 11.6 Å². The van der Waals surface area contributed by atoms with Crippen molar-refractivity contribution in [1.29, 1.82) is 0 Å². The normalized spacial score (nSPS) is 23.0. The number of para-hydroxylation sites is 1. The smallest absolute Gasteiger partial charge is 0.231 e. The zero-order valence-electron chi connectivity index (χ0n) is 13.5. The minimum absolute atomic E-state index is 0.149. The van der Waals surface area contributed by atoms with Gasteiger partial charge in [-0.3, -0.25) is 0 Å². The molecule has 0 aliphatic heterocycles. The van der Waals surface area contributed by atoms with Gasteiger partial charge in [-0.25, -0.2) is 9.97 Å². The van der Waals surface area contributed by atoms with E-state index in [2.05, 4.69) is 33.6 Å². The van der Waals surface area contributed by atoms with E-state index in [0.717, 1.165) is 23.2 Å². The third-order valence-electron chi connectivity index (χ3n) is 4.55. The van der Waals surface area contributed by atoms with Gasteiger partial charge in [0.15, 0.2) is 0 Å². The van der Waals surface area contributed by atoms with Crippen molar-refractivity contribution in [1.82, 2.24) is 14.5 Å². The molecular weight excluding hydrogens is 302 g/mol. The van der Waals surface area contributed by atoms with Crippen LogP contribution < -0.4 is 4.74 Å². The standard InChI is InChI=1S/C19H19N3O2/c1-19(12-23)9-7-14(11-19)22-10-8-16-17(22)20-13-21-18(16)24-15-5-3-2-4-6-15/h2-10,13-14,23H,11-12H2,1H3/t14-,19+/m0/s1. The van der Waals surface area contributed by atoms with Gasteiger partial charge >= 0.3 is 0 Å². The molecule has 0 saturated heterocycles. The fourth-order valence-corrected chi connectivity index (χ4v) is 3.16. The number of rotatable bonds is 4. The molecule has 0 spiro atoms. The SMILES string of the molecule is C[C@@]1(CO)C=C[C@H](n2ccc3c(Oc4ccccc4)ncnc32)C1. The Morgan fingerprint density at radius 2 is 2.08 bits per heavy atom. The van der Waals surface area contributed by atoms with Gasteiger partial charge in [0.05, 0.1) is 18.0 Å². The Hall–Kier alpha value is -2.66. The van der Waals surface area contributed by atoms with Crippen LogP contribution in [-0.4, -0.2) is 26.2 Å². The number of hydrogen-bond acceptors (Lipinski definition) is 4. The summed E-state index contributed by atoms with van der Waals surface area (Å²) < 4.78 is 8.02. The molecule has 2 atom stereocenters. The molecule has 5 heteroatoms. The van der Waals surface area contributed by atoms with Crippen LogP contribution in [0.2, 0.25) is 0 Å². The highest BCUT2D eigenvalue weighted by Crippen LogP contribution is 2.39. The van der Waals surface area contributed by atoms with Gasteiger partial charge in [-0.15, -0.1) is 0 Å². The highest BCUT2D eigenvalue weighted by molar-refractivity contribution is 5.81. The molecule has 0 radical (unpaired) electrons. The first kappa shape index (κ1) is 14.9. The Balaban J connectivity index is 1.69. The van der Waals surface area contributed by atoms with Crippen molar-refractivity contribution in [3.63, 3.8) is 0 Å². The van der Waals surface area contributed by atoms with Gasteiger partial charge in [0, 0.05) is 11.6 Å². The molecule has 0 saturated carbocycles. The molecule has 0 bridgehead atoms. The van der Waals surface area contributed by atoms with Crippen molar-refractivity contribution in [2.24, 2.45) is 5.41 Å². The van der Waals surface area contributed by atoms with E-state index in [9.17, 15) is 5.11 Å². The topological polar surface area (TPSA) is 60.2 Å². The number of ether oxygens (including phenoxy) is 1. The predicted molar refractivity (Wildman–Crippen MR) is 92.0 cm³/mol. The molecule has 1 N–H and O–H groups in total. The maximum absolute atomic E-state index is 9.56. The molecule has 2 aromatic heterocycles. The lowest BCUT2D eigenvalue weighted by molar-refractivity contribution is 0.175. The number of hydrogen-bond donors (Lipinski definition) is 1. The lowest BCUT2D eigenvalue weighted by Crippen LogP contribution is -2.18. The largest absolute Gasteiger partial charge is 0.438 e. The summed E-state index contributed by atoms with van der Waals surface area (Å²) in [5.41, 5.74) is 0.672. The number of allylic oxidation sites excluding steroid dienone is 1. The van der Waals surface area contributed by atoms with E-state index in [4.69, 9.17) is 4.74 Å². The van der Waals surface area contributed by atoms with E-state index in [-0.39, 0.29) is 18.1 Å². The van der Waals surface area contributed by atoms with Gasteiger partial charge in [0.2, 0.25) is 5.88 Å². The van der Waals surface area contributed by atoms with Crippen LogP contribution in [0, 0.1) is 5.41 Å². The monoisotopic (exact) mass is 321 g/mol. The van der Waals surface area contributed by atoms with Gasteiger partial charge in [-0.05, 0) is 24.6 Å². The van der Waals surface area contributed by atoms with Crippen LogP contribution in [0.15, 0.2) is 61.1 Å². The molecule has 5 nitrogen and oxygen atoms in total. The van der Waals surface area contributed by atoms with Crippen LogP contribution in [-0.2, 0) is 0 Å². The highest BCUT2D eigenvalue weighted by Gasteiger charge is 2.31. The summed E-state index contributed by atoms with van der Waals surface area (Å²) in [5.74, 6) is 1.30. The second kappa shape index (κ2) is 5.76. The van der Waals surface area contributed by atoms with Gasteiger partial charge in [-0.1, -0.05) is 37.3 Å². The zero-order chi connectivity index (χ0) is 16.6. The molecule has 1 aliphatic carbocycles. The minimum Gasteiger partial charge on any atom is -0.438 e. The summed E-state index contributed by atoms with van der Waals surface area (Å²) >= 11 is 0. The van der Waals surface area contributed by atoms with Crippen LogP contribution >= 0.6 is 0 Å². The van der Waals surface area contributed by atoms with Crippen molar-refractivity contribution in [3.8, 4) is 11.6 Å². The predicted octanol–water partition coefficient (Wildman–Crippen LogP) is 3.72. The van der Waals surface area contributed by atoms with Gasteiger partial charge < -0.3 is 14.4 Å². The second-order valence-corrected chi connectivity index (χ2v) is 6.50. The highest BCUT2D eigenvalue weighted by atomic mass is 16.5. The first-order valence-corrected chi connectivity index (χ1v) is 8.03. The first-order valence-electron chi connectivity index (χ1n) is 8.03. The lowest BCUT2D eigenvalue weighted by atomic mass is 9.90. The summed E-state index contributed by atoms with van der Waals surface area (Å²) in [7, 11) is 0. The summed E-state index contributed by atoms with van der Waals surface area (Å²) in [6, 6.07) is 11.8. The average Bonchev–Trinajstić information content (AvgIpc) is 3.21. The molecular formula is C19H19N3O2. The Morgan fingerprint density at radius 3 is 2.83 bits per heavy atom. The van der Waals surface area contributed by atoms with Crippen molar-refractivity contribution < 1.29 is 9.84 Å². The number of fused-ring (bicyclic) bond motifs is 1. The van der Waals surface area contributed by atoms with Gasteiger partial charge in [0.1, 0.15) is 17.7 Å². The fraction of sp³-hybridized carbons (Fsp3) is 0.263. The Morgan fingerprint density at radius 1 is 1.25 bits per heavy atom. The molecule has 0 amide bonds. The maximum atomic E-state index is 9.56. The number of benzene rings is 1. The number of aliphatic hydroxyl groups excluding tert-OH is 1. The van der Waals surface area contributed by atoms with Crippen LogP contribution in [0.3, 0.4) is 0 Å². The number of nitrogens with zero attached hydrogens (tertiary/aromatic N) is 3. The third-order valence-corrected chi connectivity index (χ3v) is 4.55. The van der Waals surface area contributed by atoms with Crippen LogP contribution in [0.1, 0.15) is 19.4 Å². The molecule has 122 valence electrons. The van der Waals surface area contributed by atoms with Gasteiger partial charge in [-0.2, -0.15) is 0 Å². The molecule has 1 aromatic carbocycles. The molecule has 0 unspecified atom stereocenters. The van der Waals surface area contributed by atoms with Gasteiger partial charge in [0.25, 0.3) is 0 Å². The van der Waals surface area contributed by atoms with Crippen molar-refractivity contribution in [2.45, 2.75) is 19.4 Å². The molecule has 0 fully saturated rings. The fourth-order valence-electron chi connectivity index (χ4n) is 3.16. The van der Waals surface area contributed by atoms with E-state index >= 15 is 0 Å². The first-order chi connectivity index (χ1) is 11.7. The van der Waals surface area contributed by atoms with E-state index in [1.54, 1.807) is 0 Å². The summed E-state index contributed by atoms with van der Waals surface area (Å²) in [5, 5.41) is 10.4. The molecule has 24 heavy (non-hydrogen) atoms. The second-order valence-electron chi connectivity index (χ2n) is 6.50. The minimum atomic E-state index is -0.169. The average molecular weight is 321 g/mol. The van der Waals surface area contributed by atoms with Crippen molar-refractivity contribution >= 4 is 11.0 Å². The van der Waals surface area contributed by atoms with Crippen molar-refractivity contribution in [3.05, 3.63) is 61.1 Å². The van der Waals surface area contributed by atoms with E-state index in [0.29, 0.717) is 5.88 Å². The number of aliphatic hydroxyl groups is 1. The molecule has 1 aliphatic rings. The van der Waals surface area contributed by atoms with Crippen LogP contribution in [0.4, 0.5) is 0 Å². The van der Waals surface area contributed by atoms with E-state index in [1.165, 1.54) is 6.33 Å². The van der Waals surface area contributed by atoms with E-state index < -0.39 is 0 Å². The van der Waals surface area contributed by atoms with E-state index in [1.807, 2.05) is 42.6 Å². The number of aromatic nitrogens is 3.